The first-order valence-electron chi connectivity index (χ1n) is 7.44. The monoisotopic (exact) mass is 257 g/mol. The molecule has 0 fully saturated rings. The third kappa shape index (κ3) is 7.03. The quantitative estimate of drug-likeness (QED) is 0.691. The Morgan fingerprint density at radius 2 is 2.11 bits per heavy atom. The highest BCUT2D eigenvalue weighted by atomic mass is 14.9. The Kier molecular flexibility index (Phi) is 8.02. The van der Waals surface area contributed by atoms with Crippen molar-refractivity contribution in [2.75, 3.05) is 6.54 Å². The van der Waals surface area contributed by atoms with E-state index < -0.39 is 0 Å². The molecule has 0 radical (unpaired) electrons. The molecule has 1 nitrogen and oxygen atoms in total. The third-order valence-electron chi connectivity index (χ3n) is 3.34. The molecule has 0 aliphatic heterocycles. The number of nitrogens with one attached hydrogen (secondary N) is 1. The summed E-state index contributed by atoms with van der Waals surface area (Å²) in [6.07, 6.45) is 5.72. The van der Waals surface area contributed by atoms with Gasteiger partial charge in [-0.05, 0) is 51.6 Å². The van der Waals surface area contributed by atoms with Crippen LogP contribution >= 0.6 is 0 Å². The van der Waals surface area contributed by atoms with E-state index in [1.807, 2.05) is 6.92 Å². The molecule has 1 atom stereocenters. The van der Waals surface area contributed by atoms with E-state index in [-0.39, 0.29) is 0 Å². The lowest BCUT2D eigenvalue weighted by Gasteiger charge is -2.17. The average molecular weight is 257 g/mol. The predicted molar refractivity (Wildman–Crippen MR) is 84.3 cm³/mol. The zero-order chi connectivity index (χ0) is 13.9. The summed E-state index contributed by atoms with van der Waals surface area (Å²) in [4.78, 5) is 0. The van der Waals surface area contributed by atoms with E-state index in [4.69, 9.17) is 0 Å². The average Bonchev–Trinajstić information content (AvgIpc) is 2.41. The molecule has 0 spiro atoms. The van der Waals surface area contributed by atoms with Crippen molar-refractivity contribution in [2.45, 2.75) is 58.9 Å². The van der Waals surface area contributed by atoms with Gasteiger partial charge in [0.15, 0.2) is 0 Å². The molecule has 0 bridgehead atoms. The second-order valence-corrected chi connectivity index (χ2v) is 5.14. The summed E-state index contributed by atoms with van der Waals surface area (Å²) in [6, 6.07) is 9.44. The molecule has 0 saturated carbocycles. The molecule has 0 aliphatic rings. The Morgan fingerprint density at radius 3 is 2.79 bits per heavy atom. The maximum Gasteiger partial charge on any atom is 0.0103 e. The van der Waals surface area contributed by atoms with E-state index in [1.54, 1.807) is 0 Å². The Hall–Kier alpha value is -1.26. The smallest absolute Gasteiger partial charge is 0.0103 e. The molecular weight excluding hydrogens is 230 g/mol. The summed E-state index contributed by atoms with van der Waals surface area (Å²) in [7, 11) is 0. The van der Waals surface area contributed by atoms with Gasteiger partial charge in [-0.3, -0.25) is 0 Å². The van der Waals surface area contributed by atoms with E-state index in [2.05, 4.69) is 55.3 Å². The van der Waals surface area contributed by atoms with Crippen molar-refractivity contribution in [3.8, 4) is 11.8 Å². The largest absolute Gasteiger partial charge is 0.314 e. The number of rotatable bonds is 8. The molecule has 1 aromatic rings. The van der Waals surface area contributed by atoms with Crippen molar-refractivity contribution in [1.29, 1.82) is 0 Å². The van der Waals surface area contributed by atoms with E-state index in [1.165, 1.54) is 24.0 Å². The standard InChI is InChI=1S/C18H27N/c1-4-6-7-11-18(19-14-5-2)13-12-17-10-8-9-16(3)15-17/h8-10,15,18-19H,5,7,11-14H2,1-3H3. The number of benzene rings is 1. The lowest BCUT2D eigenvalue weighted by Crippen LogP contribution is -2.30. The molecule has 0 saturated heterocycles. The van der Waals surface area contributed by atoms with Gasteiger partial charge in [0.25, 0.3) is 0 Å². The number of hydrogen-bond acceptors (Lipinski definition) is 1. The first kappa shape index (κ1) is 15.8. The maximum absolute atomic E-state index is 3.65. The summed E-state index contributed by atoms with van der Waals surface area (Å²) < 4.78 is 0. The minimum Gasteiger partial charge on any atom is -0.314 e. The third-order valence-corrected chi connectivity index (χ3v) is 3.34. The van der Waals surface area contributed by atoms with Gasteiger partial charge in [-0.1, -0.05) is 36.8 Å². The summed E-state index contributed by atoms with van der Waals surface area (Å²) in [6.45, 7) is 7.41. The molecule has 104 valence electrons. The Bertz CT molecular complexity index is 411. The second-order valence-electron chi connectivity index (χ2n) is 5.14. The van der Waals surface area contributed by atoms with Crippen molar-refractivity contribution in [3.63, 3.8) is 0 Å². The van der Waals surface area contributed by atoms with Crippen molar-refractivity contribution >= 4 is 0 Å². The van der Waals surface area contributed by atoms with Crippen molar-refractivity contribution < 1.29 is 0 Å². The molecule has 0 heterocycles. The molecule has 1 heteroatoms. The van der Waals surface area contributed by atoms with Gasteiger partial charge in [0.2, 0.25) is 0 Å². The zero-order valence-electron chi connectivity index (χ0n) is 12.6. The molecule has 19 heavy (non-hydrogen) atoms. The van der Waals surface area contributed by atoms with Crippen LogP contribution < -0.4 is 5.32 Å². The van der Waals surface area contributed by atoms with E-state index in [0.29, 0.717) is 6.04 Å². The fourth-order valence-electron chi connectivity index (χ4n) is 2.28. The van der Waals surface area contributed by atoms with Gasteiger partial charge in [-0.2, -0.15) is 0 Å². The SMILES string of the molecule is CC#CCCC(CCc1cccc(C)c1)NCCC. The normalized spacial score (nSPS) is 11.7. The molecule has 1 aromatic carbocycles. The van der Waals surface area contributed by atoms with Gasteiger partial charge in [0.05, 0.1) is 0 Å². The van der Waals surface area contributed by atoms with Gasteiger partial charge >= 0.3 is 0 Å². The van der Waals surface area contributed by atoms with Crippen LogP contribution in [0.25, 0.3) is 0 Å². The molecule has 0 aromatic heterocycles. The summed E-state index contributed by atoms with van der Waals surface area (Å²) in [5.41, 5.74) is 2.80. The van der Waals surface area contributed by atoms with E-state index in [0.717, 1.165) is 25.8 Å². The Labute approximate surface area is 118 Å². The van der Waals surface area contributed by atoms with Crippen LogP contribution in [-0.4, -0.2) is 12.6 Å². The summed E-state index contributed by atoms with van der Waals surface area (Å²) in [5.74, 6) is 6.16. The highest BCUT2D eigenvalue weighted by molar-refractivity contribution is 5.22. The Morgan fingerprint density at radius 1 is 1.26 bits per heavy atom. The van der Waals surface area contributed by atoms with Crippen LogP contribution in [0.5, 0.6) is 0 Å². The molecule has 0 aliphatic carbocycles. The topological polar surface area (TPSA) is 12.0 Å². The first-order valence-corrected chi connectivity index (χ1v) is 7.44. The summed E-state index contributed by atoms with van der Waals surface area (Å²) >= 11 is 0. The fraction of sp³-hybridized carbons (Fsp3) is 0.556. The van der Waals surface area contributed by atoms with Crippen LogP contribution in [0.15, 0.2) is 24.3 Å². The molecular formula is C18H27N. The Balaban J connectivity index is 2.43. The van der Waals surface area contributed by atoms with Crippen LogP contribution in [-0.2, 0) is 6.42 Å². The highest BCUT2D eigenvalue weighted by Gasteiger charge is 2.07. The predicted octanol–water partition coefficient (Wildman–Crippen LogP) is 4.10. The fourth-order valence-corrected chi connectivity index (χ4v) is 2.28. The number of aryl methyl sites for hydroxylation is 2. The van der Waals surface area contributed by atoms with Gasteiger partial charge in [0.1, 0.15) is 0 Å². The zero-order valence-corrected chi connectivity index (χ0v) is 12.6. The van der Waals surface area contributed by atoms with E-state index in [9.17, 15) is 0 Å². The molecule has 0 amide bonds. The minimum atomic E-state index is 0.598. The van der Waals surface area contributed by atoms with Crippen molar-refractivity contribution in [2.24, 2.45) is 0 Å². The van der Waals surface area contributed by atoms with Crippen LogP contribution in [0, 0.1) is 18.8 Å². The lowest BCUT2D eigenvalue weighted by atomic mass is 10.0. The maximum atomic E-state index is 3.65. The van der Waals surface area contributed by atoms with Gasteiger partial charge < -0.3 is 5.32 Å². The minimum absolute atomic E-state index is 0.598. The lowest BCUT2D eigenvalue weighted by molar-refractivity contribution is 0.458. The van der Waals surface area contributed by atoms with Crippen molar-refractivity contribution in [3.05, 3.63) is 35.4 Å². The van der Waals surface area contributed by atoms with Gasteiger partial charge in [-0.15, -0.1) is 11.8 Å². The second kappa shape index (κ2) is 9.64. The molecule has 1 rings (SSSR count). The van der Waals surface area contributed by atoms with Gasteiger partial charge in [0, 0.05) is 12.5 Å². The highest BCUT2D eigenvalue weighted by Crippen LogP contribution is 2.10. The first-order chi connectivity index (χ1) is 9.26. The number of hydrogen-bond donors (Lipinski definition) is 1. The van der Waals surface area contributed by atoms with E-state index >= 15 is 0 Å². The summed E-state index contributed by atoms with van der Waals surface area (Å²) in [5, 5.41) is 3.65. The van der Waals surface area contributed by atoms with Crippen LogP contribution in [0.3, 0.4) is 0 Å². The van der Waals surface area contributed by atoms with Crippen LogP contribution in [0.4, 0.5) is 0 Å². The van der Waals surface area contributed by atoms with Crippen molar-refractivity contribution in [1.82, 2.24) is 5.32 Å². The van der Waals surface area contributed by atoms with Crippen LogP contribution in [0.1, 0.15) is 50.7 Å². The molecule has 1 N–H and O–H groups in total. The van der Waals surface area contributed by atoms with Gasteiger partial charge in [-0.25, -0.2) is 0 Å². The molecule has 1 unspecified atom stereocenters. The van der Waals surface area contributed by atoms with Crippen LogP contribution in [0.2, 0.25) is 0 Å².